The molecule has 98 valence electrons. The Labute approximate surface area is 110 Å². The van der Waals surface area contributed by atoms with Crippen LogP contribution in [0, 0.1) is 0 Å². The standard InChI is InChI=1S/C14H14N2O3/c1-19-9-11-4-2-3-5-12(11)16-14(18)10-6-7-13(17)15-8-10/h2-8H,9H2,1H3,(H,15,17)(H,16,18). The Morgan fingerprint density at radius 3 is 2.74 bits per heavy atom. The van der Waals surface area contributed by atoms with E-state index in [0.29, 0.717) is 17.9 Å². The second-order valence-electron chi connectivity index (χ2n) is 3.99. The minimum Gasteiger partial charge on any atom is -0.380 e. The molecule has 0 saturated carbocycles. The normalized spacial score (nSPS) is 10.2. The Bertz CT molecular complexity index is 614. The van der Waals surface area contributed by atoms with E-state index in [1.807, 2.05) is 18.2 Å². The lowest BCUT2D eigenvalue weighted by Crippen LogP contribution is -2.15. The second-order valence-corrected chi connectivity index (χ2v) is 3.99. The van der Waals surface area contributed by atoms with E-state index in [2.05, 4.69) is 10.3 Å². The van der Waals surface area contributed by atoms with Crippen molar-refractivity contribution in [2.45, 2.75) is 6.61 Å². The van der Waals surface area contributed by atoms with Crippen molar-refractivity contribution >= 4 is 11.6 Å². The highest BCUT2D eigenvalue weighted by molar-refractivity contribution is 6.04. The maximum Gasteiger partial charge on any atom is 0.257 e. The molecule has 0 aliphatic heterocycles. The van der Waals surface area contributed by atoms with Crippen LogP contribution < -0.4 is 10.9 Å². The number of hydrogen-bond acceptors (Lipinski definition) is 3. The second kappa shape index (κ2) is 5.97. The van der Waals surface area contributed by atoms with Gasteiger partial charge in [-0.2, -0.15) is 0 Å². The first-order valence-corrected chi connectivity index (χ1v) is 5.77. The molecule has 5 heteroatoms. The molecule has 2 aromatic rings. The summed E-state index contributed by atoms with van der Waals surface area (Å²) >= 11 is 0. The summed E-state index contributed by atoms with van der Waals surface area (Å²) in [7, 11) is 1.60. The molecule has 0 bridgehead atoms. The van der Waals surface area contributed by atoms with Gasteiger partial charge in [0.05, 0.1) is 12.2 Å². The third-order valence-electron chi connectivity index (χ3n) is 2.61. The lowest BCUT2D eigenvalue weighted by Gasteiger charge is -2.10. The number of para-hydroxylation sites is 1. The van der Waals surface area contributed by atoms with Crippen LogP contribution in [-0.2, 0) is 11.3 Å². The first kappa shape index (κ1) is 13.0. The largest absolute Gasteiger partial charge is 0.380 e. The van der Waals surface area contributed by atoms with Crippen molar-refractivity contribution < 1.29 is 9.53 Å². The Hall–Kier alpha value is -2.40. The number of ether oxygens (including phenoxy) is 1. The van der Waals surface area contributed by atoms with Gasteiger partial charge in [0.1, 0.15) is 0 Å². The molecule has 2 rings (SSSR count). The van der Waals surface area contributed by atoms with Gasteiger partial charge in [-0.3, -0.25) is 9.59 Å². The van der Waals surface area contributed by atoms with Crippen molar-refractivity contribution in [1.82, 2.24) is 4.98 Å². The highest BCUT2D eigenvalue weighted by Gasteiger charge is 2.08. The van der Waals surface area contributed by atoms with Crippen LogP contribution >= 0.6 is 0 Å². The lowest BCUT2D eigenvalue weighted by molar-refractivity contribution is 0.102. The summed E-state index contributed by atoms with van der Waals surface area (Å²) in [5.41, 5.74) is 1.74. The number of carbonyl (C=O) groups excluding carboxylic acids is 1. The van der Waals surface area contributed by atoms with Gasteiger partial charge in [-0.1, -0.05) is 18.2 Å². The van der Waals surface area contributed by atoms with Gasteiger partial charge in [0.2, 0.25) is 5.56 Å². The third-order valence-corrected chi connectivity index (χ3v) is 2.61. The summed E-state index contributed by atoms with van der Waals surface area (Å²) in [6.07, 6.45) is 1.39. The summed E-state index contributed by atoms with van der Waals surface area (Å²) in [5, 5.41) is 2.79. The number of benzene rings is 1. The minimum atomic E-state index is -0.278. The van der Waals surface area contributed by atoms with Crippen LogP contribution in [0.4, 0.5) is 5.69 Å². The molecule has 1 amide bonds. The number of pyridine rings is 1. The van der Waals surface area contributed by atoms with E-state index in [1.54, 1.807) is 13.2 Å². The van der Waals surface area contributed by atoms with Crippen LogP contribution in [0.2, 0.25) is 0 Å². The molecule has 1 aromatic heterocycles. The predicted molar refractivity (Wildman–Crippen MR) is 72.2 cm³/mol. The zero-order valence-corrected chi connectivity index (χ0v) is 10.5. The van der Waals surface area contributed by atoms with E-state index < -0.39 is 0 Å². The van der Waals surface area contributed by atoms with Crippen LogP contribution in [0.1, 0.15) is 15.9 Å². The number of hydrogen-bond donors (Lipinski definition) is 2. The maximum atomic E-state index is 12.0. The summed E-state index contributed by atoms with van der Waals surface area (Å²) in [4.78, 5) is 25.4. The van der Waals surface area contributed by atoms with E-state index in [-0.39, 0.29) is 11.5 Å². The molecule has 0 unspecified atom stereocenters. The maximum absolute atomic E-state index is 12.0. The zero-order chi connectivity index (χ0) is 13.7. The van der Waals surface area contributed by atoms with Gasteiger partial charge in [-0.05, 0) is 12.1 Å². The molecule has 0 aliphatic carbocycles. The number of methoxy groups -OCH3 is 1. The number of carbonyl (C=O) groups is 1. The van der Waals surface area contributed by atoms with Crippen LogP contribution in [0.3, 0.4) is 0 Å². The fourth-order valence-electron chi connectivity index (χ4n) is 1.67. The summed E-state index contributed by atoms with van der Waals surface area (Å²) in [6.45, 7) is 0.419. The van der Waals surface area contributed by atoms with Gasteiger partial charge in [-0.25, -0.2) is 0 Å². The van der Waals surface area contributed by atoms with Crippen molar-refractivity contribution in [2.75, 3.05) is 12.4 Å². The molecule has 0 atom stereocenters. The molecule has 5 nitrogen and oxygen atoms in total. The van der Waals surface area contributed by atoms with Gasteiger partial charge in [-0.15, -0.1) is 0 Å². The van der Waals surface area contributed by atoms with Crippen molar-refractivity contribution in [1.29, 1.82) is 0 Å². The van der Waals surface area contributed by atoms with E-state index >= 15 is 0 Å². The number of anilines is 1. The molecule has 0 aliphatic rings. The van der Waals surface area contributed by atoms with Gasteiger partial charge in [0.15, 0.2) is 0 Å². The third kappa shape index (κ3) is 3.29. The van der Waals surface area contributed by atoms with Crippen LogP contribution in [0.25, 0.3) is 0 Å². The van der Waals surface area contributed by atoms with Crippen molar-refractivity contribution in [2.24, 2.45) is 0 Å². The molecule has 1 heterocycles. The molecular weight excluding hydrogens is 244 g/mol. The average molecular weight is 258 g/mol. The fourth-order valence-corrected chi connectivity index (χ4v) is 1.67. The molecular formula is C14H14N2O3. The van der Waals surface area contributed by atoms with Crippen LogP contribution in [-0.4, -0.2) is 18.0 Å². The van der Waals surface area contributed by atoms with E-state index in [9.17, 15) is 9.59 Å². The Morgan fingerprint density at radius 2 is 2.05 bits per heavy atom. The van der Waals surface area contributed by atoms with Crippen LogP contribution in [0.5, 0.6) is 0 Å². The van der Waals surface area contributed by atoms with E-state index in [1.165, 1.54) is 18.3 Å². The van der Waals surface area contributed by atoms with Crippen molar-refractivity contribution in [3.05, 3.63) is 64.1 Å². The smallest absolute Gasteiger partial charge is 0.257 e. The van der Waals surface area contributed by atoms with Gasteiger partial charge in [0.25, 0.3) is 5.91 Å². The highest BCUT2D eigenvalue weighted by atomic mass is 16.5. The fraction of sp³-hybridized carbons (Fsp3) is 0.143. The van der Waals surface area contributed by atoms with Crippen LogP contribution in [0.15, 0.2) is 47.4 Å². The Morgan fingerprint density at radius 1 is 1.26 bits per heavy atom. The van der Waals surface area contributed by atoms with Gasteiger partial charge < -0.3 is 15.0 Å². The number of aromatic amines is 1. The molecule has 1 aromatic carbocycles. The molecule has 19 heavy (non-hydrogen) atoms. The first-order valence-electron chi connectivity index (χ1n) is 5.77. The molecule has 2 N–H and O–H groups in total. The number of rotatable bonds is 4. The predicted octanol–water partition coefficient (Wildman–Crippen LogP) is 1.77. The Kier molecular flexibility index (Phi) is 4.10. The summed E-state index contributed by atoms with van der Waals surface area (Å²) in [5.74, 6) is -0.278. The number of amides is 1. The quantitative estimate of drug-likeness (QED) is 0.878. The van der Waals surface area contributed by atoms with Crippen molar-refractivity contribution in [3.8, 4) is 0 Å². The summed E-state index contributed by atoms with van der Waals surface area (Å²) in [6, 6.07) is 10.2. The average Bonchev–Trinajstić information content (AvgIpc) is 2.42. The monoisotopic (exact) mass is 258 g/mol. The minimum absolute atomic E-state index is 0.240. The van der Waals surface area contributed by atoms with Gasteiger partial charge in [0, 0.05) is 30.6 Å². The van der Waals surface area contributed by atoms with E-state index in [4.69, 9.17) is 4.74 Å². The molecule has 0 spiro atoms. The molecule has 0 radical (unpaired) electrons. The zero-order valence-electron chi connectivity index (χ0n) is 10.5. The SMILES string of the molecule is COCc1ccccc1NC(=O)c1ccc(=O)[nH]c1. The Balaban J connectivity index is 2.19. The number of H-pyrrole nitrogens is 1. The number of nitrogens with one attached hydrogen (secondary N) is 2. The first-order chi connectivity index (χ1) is 9.20. The van der Waals surface area contributed by atoms with E-state index in [0.717, 1.165) is 5.56 Å². The van der Waals surface area contributed by atoms with Gasteiger partial charge >= 0.3 is 0 Å². The lowest BCUT2D eigenvalue weighted by atomic mass is 10.1. The number of aromatic nitrogens is 1. The molecule has 0 fully saturated rings. The highest BCUT2D eigenvalue weighted by Crippen LogP contribution is 2.16. The molecule has 0 saturated heterocycles. The summed E-state index contributed by atoms with van der Waals surface area (Å²) < 4.78 is 5.07. The topological polar surface area (TPSA) is 71.2 Å². The van der Waals surface area contributed by atoms with Crippen molar-refractivity contribution in [3.63, 3.8) is 0 Å².